The molecule has 146 valence electrons. The summed E-state index contributed by atoms with van der Waals surface area (Å²) >= 11 is 0. The maximum atomic E-state index is 13.2. The van der Waals surface area contributed by atoms with Crippen molar-refractivity contribution in [3.05, 3.63) is 53.1 Å². The van der Waals surface area contributed by atoms with Gasteiger partial charge in [-0.2, -0.15) is 13.2 Å². The van der Waals surface area contributed by atoms with Gasteiger partial charge in [-0.05, 0) is 25.1 Å². The standard InChI is InChI=1S/C19H19F3O5/c1-11(13-7-5-6-8-14(13)19(20,21)22)27-18(23)12-9-15(24-2)17(26-4)16(10-12)25-3/h5-11H,1-4H3/t11-/m1/s1. The molecule has 0 aromatic heterocycles. The van der Waals surface area contributed by atoms with Crippen molar-refractivity contribution in [2.75, 3.05) is 21.3 Å². The number of ether oxygens (including phenoxy) is 4. The first-order valence-corrected chi connectivity index (χ1v) is 7.90. The molecule has 0 radical (unpaired) electrons. The lowest BCUT2D eigenvalue weighted by Gasteiger charge is -2.19. The first kappa shape index (κ1) is 20.4. The maximum absolute atomic E-state index is 13.2. The lowest BCUT2D eigenvalue weighted by Crippen LogP contribution is -2.15. The van der Waals surface area contributed by atoms with Gasteiger partial charge in [0, 0.05) is 5.56 Å². The number of halogens is 3. The Kier molecular flexibility index (Phi) is 6.20. The van der Waals surface area contributed by atoms with Gasteiger partial charge in [-0.25, -0.2) is 4.79 Å². The number of alkyl halides is 3. The molecule has 1 atom stereocenters. The molecular weight excluding hydrogens is 365 g/mol. The van der Waals surface area contributed by atoms with Crippen molar-refractivity contribution in [1.29, 1.82) is 0 Å². The summed E-state index contributed by atoms with van der Waals surface area (Å²) in [5.74, 6) is -0.0787. The average Bonchev–Trinajstić information content (AvgIpc) is 2.65. The summed E-state index contributed by atoms with van der Waals surface area (Å²) in [6.45, 7) is 1.38. The van der Waals surface area contributed by atoms with E-state index in [0.29, 0.717) is 0 Å². The Bertz CT molecular complexity index is 792. The van der Waals surface area contributed by atoms with E-state index in [2.05, 4.69) is 0 Å². The average molecular weight is 384 g/mol. The third-order valence-electron chi connectivity index (χ3n) is 3.89. The van der Waals surface area contributed by atoms with Gasteiger partial charge in [-0.15, -0.1) is 0 Å². The number of carbonyl (C=O) groups excluding carboxylic acids is 1. The summed E-state index contributed by atoms with van der Waals surface area (Å²) < 4.78 is 60.2. The molecule has 27 heavy (non-hydrogen) atoms. The zero-order valence-corrected chi connectivity index (χ0v) is 15.2. The lowest BCUT2D eigenvalue weighted by atomic mass is 10.0. The molecule has 0 aliphatic carbocycles. The van der Waals surface area contributed by atoms with Gasteiger partial charge in [0.25, 0.3) is 0 Å². The SMILES string of the molecule is COc1cc(C(=O)O[C@H](C)c2ccccc2C(F)(F)F)cc(OC)c1OC. The van der Waals surface area contributed by atoms with Crippen molar-refractivity contribution < 1.29 is 36.9 Å². The van der Waals surface area contributed by atoms with E-state index in [1.165, 1.54) is 58.6 Å². The summed E-state index contributed by atoms with van der Waals surface area (Å²) in [6.07, 6.45) is -5.67. The van der Waals surface area contributed by atoms with Gasteiger partial charge in [0.1, 0.15) is 6.10 Å². The van der Waals surface area contributed by atoms with Crippen LogP contribution in [-0.4, -0.2) is 27.3 Å². The normalized spacial score (nSPS) is 12.3. The highest BCUT2D eigenvalue weighted by Crippen LogP contribution is 2.39. The predicted molar refractivity (Wildman–Crippen MR) is 91.4 cm³/mol. The van der Waals surface area contributed by atoms with Crippen LogP contribution in [0.3, 0.4) is 0 Å². The highest BCUT2D eigenvalue weighted by molar-refractivity contribution is 5.91. The van der Waals surface area contributed by atoms with Crippen molar-refractivity contribution in [2.45, 2.75) is 19.2 Å². The molecule has 0 saturated heterocycles. The smallest absolute Gasteiger partial charge is 0.416 e. The van der Waals surface area contributed by atoms with E-state index < -0.39 is 23.8 Å². The monoisotopic (exact) mass is 384 g/mol. The molecule has 0 amide bonds. The van der Waals surface area contributed by atoms with Gasteiger partial charge in [-0.3, -0.25) is 0 Å². The molecule has 0 N–H and O–H groups in total. The molecule has 0 aliphatic heterocycles. The van der Waals surface area contributed by atoms with E-state index in [4.69, 9.17) is 18.9 Å². The van der Waals surface area contributed by atoms with Crippen LogP contribution in [0.2, 0.25) is 0 Å². The fourth-order valence-corrected chi connectivity index (χ4v) is 2.60. The second-order valence-corrected chi connectivity index (χ2v) is 5.55. The molecule has 2 rings (SSSR count). The zero-order chi connectivity index (χ0) is 20.2. The van der Waals surface area contributed by atoms with E-state index in [1.54, 1.807) is 0 Å². The lowest BCUT2D eigenvalue weighted by molar-refractivity contribution is -0.139. The van der Waals surface area contributed by atoms with E-state index in [9.17, 15) is 18.0 Å². The molecule has 0 bridgehead atoms. The van der Waals surface area contributed by atoms with Crippen molar-refractivity contribution >= 4 is 5.97 Å². The summed E-state index contributed by atoms with van der Waals surface area (Å²) in [4.78, 5) is 12.5. The second kappa shape index (κ2) is 8.20. The van der Waals surface area contributed by atoms with Crippen LogP contribution in [0.1, 0.15) is 34.5 Å². The first-order chi connectivity index (χ1) is 12.7. The van der Waals surface area contributed by atoms with Gasteiger partial charge >= 0.3 is 12.1 Å². The van der Waals surface area contributed by atoms with Gasteiger partial charge < -0.3 is 18.9 Å². The highest BCUT2D eigenvalue weighted by atomic mass is 19.4. The molecule has 5 nitrogen and oxygen atoms in total. The Balaban J connectivity index is 2.33. The minimum Gasteiger partial charge on any atom is -0.493 e. The van der Waals surface area contributed by atoms with Gasteiger partial charge in [0.05, 0.1) is 32.5 Å². The van der Waals surface area contributed by atoms with Crippen molar-refractivity contribution in [1.82, 2.24) is 0 Å². The first-order valence-electron chi connectivity index (χ1n) is 7.90. The minimum absolute atomic E-state index is 0.0563. The molecular formula is C19H19F3O5. The third kappa shape index (κ3) is 4.45. The number of benzene rings is 2. The molecule has 0 saturated carbocycles. The predicted octanol–water partition coefficient (Wildman–Crippen LogP) is 4.65. The molecule has 8 heteroatoms. The molecule has 0 aliphatic rings. The van der Waals surface area contributed by atoms with Crippen LogP contribution in [0, 0.1) is 0 Å². The van der Waals surface area contributed by atoms with Crippen LogP contribution in [0.15, 0.2) is 36.4 Å². The number of methoxy groups -OCH3 is 3. The topological polar surface area (TPSA) is 54.0 Å². The fourth-order valence-electron chi connectivity index (χ4n) is 2.60. The zero-order valence-electron chi connectivity index (χ0n) is 15.2. The summed E-state index contributed by atoms with van der Waals surface area (Å²) in [5, 5.41) is 0. The summed E-state index contributed by atoms with van der Waals surface area (Å²) in [6, 6.07) is 7.68. The van der Waals surface area contributed by atoms with Crippen molar-refractivity contribution in [3.63, 3.8) is 0 Å². The fraction of sp³-hybridized carbons (Fsp3) is 0.316. The van der Waals surface area contributed by atoms with Gasteiger partial charge in [-0.1, -0.05) is 18.2 Å². The third-order valence-corrected chi connectivity index (χ3v) is 3.89. The molecule has 2 aromatic carbocycles. The molecule has 0 fully saturated rings. The highest BCUT2D eigenvalue weighted by Gasteiger charge is 2.35. The van der Waals surface area contributed by atoms with Crippen molar-refractivity contribution in [3.8, 4) is 17.2 Å². The van der Waals surface area contributed by atoms with E-state index >= 15 is 0 Å². The second-order valence-electron chi connectivity index (χ2n) is 5.55. The van der Waals surface area contributed by atoms with Crippen LogP contribution in [0.4, 0.5) is 13.2 Å². The molecule has 0 heterocycles. The minimum atomic E-state index is -4.55. The van der Waals surface area contributed by atoms with Gasteiger partial charge in [0.2, 0.25) is 5.75 Å². The molecule has 2 aromatic rings. The Labute approximate surface area is 154 Å². The number of hydrogen-bond acceptors (Lipinski definition) is 5. The van der Waals surface area contributed by atoms with Gasteiger partial charge in [0.15, 0.2) is 11.5 Å². The Morgan fingerprint density at radius 2 is 1.52 bits per heavy atom. The quantitative estimate of drug-likeness (QED) is 0.679. The summed E-state index contributed by atoms with van der Waals surface area (Å²) in [5.41, 5.74) is -0.929. The van der Waals surface area contributed by atoms with Crippen LogP contribution in [0.5, 0.6) is 17.2 Å². The largest absolute Gasteiger partial charge is 0.493 e. The van der Waals surface area contributed by atoms with Crippen LogP contribution in [-0.2, 0) is 10.9 Å². The number of rotatable bonds is 6. The summed E-state index contributed by atoms with van der Waals surface area (Å²) in [7, 11) is 4.18. The van der Waals surface area contributed by atoms with E-state index in [0.717, 1.165) is 6.07 Å². The van der Waals surface area contributed by atoms with Crippen LogP contribution >= 0.6 is 0 Å². The van der Waals surface area contributed by atoms with Crippen LogP contribution in [0.25, 0.3) is 0 Å². The maximum Gasteiger partial charge on any atom is 0.416 e. The number of hydrogen-bond donors (Lipinski definition) is 0. The number of carbonyl (C=O) groups is 1. The Morgan fingerprint density at radius 3 is 2.00 bits per heavy atom. The van der Waals surface area contributed by atoms with E-state index in [1.807, 2.05) is 0 Å². The van der Waals surface area contributed by atoms with Crippen LogP contribution < -0.4 is 14.2 Å². The van der Waals surface area contributed by atoms with Crippen molar-refractivity contribution in [2.24, 2.45) is 0 Å². The molecule has 0 unspecified atom stereocenters. The molecule has 0 spiro atoms. The van der Waals surface area contributed by atoms with E-state index in [-0.39, 0.29) is 28.4 Å². The Hall–Kier alpha value is -2.90. The Morgan fingerprint density at radius 1 is 0.963 bits per heavy atom. The number of esters is 1.